The first-order valence-electron chi connectivity index (χ1n) is 10.7. The van der Waals surface area contributed by atoms with Gasteiger partial charge in [0, 0.05) is 36.6 Å². The summed E-state index contributed by atoms with van der Waals surface area (Å²) in [5.41, 5.74) is 8.15. The summed E-state index contributed by atoms with van der Waals surface area (Å²) in [5, 5.41) is 14.0. The number of carbonyl (C=O) groups is 1. The van der Waals surface area contributed by atoms with E-state index in [1.165, 1.54) is 5.56 Å². The van der Waals surface area contributed by atoms with Crippen LogP contribution in [0, 0.1) is 18.9 Å². The standard InChI is InChI=1S/C15H19NO.C11H11N3O/c1-2-10-16-11-8-15(17,9-12-16)13-14-6-4-3-5-7-14;1-7-6-10(14-11(12)15)8-4-2-3-5-9(8)13-7/h3-7,17H,8-9,11-13H2,1H3;2-6H,1H3,(H3,12,13,14,15). The summed E-state index contributed by atoms with van der Waals surface area (Å²) in [7, 11) is 0. The minimum Gasteiger partial charge on any atom is -0.389 e. The van der Waals surface area contributed by atoms with Gasteiger partial charge in [-0.2, -0.15) is 0 Å². The van der Waals surface area contributed by atoms with E-state index >= 15 is 0 Å². The number of fused-ring (bicyclic) bond motifs is 1. The van der Waals surface area contributed by atoms with E-state index in [0.717, 1.165) is 48.9 Å². The van der Waals surface area contributed by atoms with Gasteiger partial charge in [0.15, 0.2) is 0 Å². The Hall–Kier alpha value is -3.56. The van der Waals surface area contributed by atoms with Crippen molar-refractivity contribution in [3.63, 3.8) is 0 Å². The fraction of sp³-hybridized carbons (Fsp3) is 0.308. The highest BCUT2D eigenvalue weighted by atomic mass is 16.3. The van der Waals surface area contributed by atoms with Crippen molar-refractivity contribution >= 4 is 22.6 Å². The lowest BCUT2D eigenvalue weighted by Crippen LogP contribution is -2.44. The lowest BCUT2D eigenvalue weighted by molar-refractivity contribution is -0.00887. The van der Waals surface area contributed by atoms with Gasteiger partial charge in [0.25, 0.3) is 0 Å². The normalized spacial score (nSPS) is 14.5. The number of piperidine rings is 1. The minimum absolute atomic E-state index is 0.548. The SMILES string of the molecule is CC#CN1CCC(O)(Cc2ccccc2)CC1.Cc1cc(NC(N)=O)c2ccccc2n1. The summed E-state index contributed by atoms with van der Waals surface area (Å²) in [4.78, 5) is 17.3. The van der Waals surface area contributed by atoms with Crippen LogP contribution in [0.2, 0.25) is 0 Å². The Balaban J connectivity index is 0.000000182. The zero-order chi connectivity index (χ0) is 23.0. The molecule has 1 fully saturated rings. The molecule has 0 aliphatic carbocycles. The van der Waals surface area contributed by atoms with E-state index in [2.05, 4.69) is 39.3 Å². The largest absolute Gasteiger partial charge is 0.389 e. The predicted molar refractivity (Wildman–Crippen MR) is 129 cm³/mol. The van der Waals surface area contributed by atoms with Crippen LogP contribution < -0.4 is 11.1 Å². The van der Waals surface area contributed by atoms with Gasteiger partial charge in [0.2, 0.25) is 0 Å². The van der Waals surface area contributed by atoms with Crippen LogP contribution in [0.3, 0.4) is 0 Å². The van der Waals surface area contributed by atoms with E-state index in [1.54, 1.807) is 6.07 Å². The van der Waals surface area contributed by atoms with Crippen molar-refractivity contribution in [3.05, 3.63) is 71.9 Å². The Kier molecular flexibility index (Phi) is 7.69. The number of aryl methyl sites for hydroxylation is 1. The van der Waals surface area contributed by atoms with Crippen LogP contribution in [0.1, 0.15) is 31.0 Å². The molecule has 0 atom stereocenters. The number of urea groups is 1. The zero-order valence-electron chi connectivity index (χ0n) is 18.6. The molecule has 32 heavy (non-hydrogen) atoms. The van der Waals surface area contributed by atoms with Gasteiger partial charge in [-0.05, 0) is 44.4 Å². The van der Waals surface area contributed by atoms with Crippen LogP contribution in [0.4, 0.5) is 10.5 Å². The molecular weight excluding hydrogens is 400 g/mol. The number of hydrogen-bond acceptors (Lipinski definition) is 4. The number of anilines is 1. The smallest absolute Gasteiger partial charge is 0.316 e. The number of primary amides is 1. The number of para-hydroxylation sites is 1. The van der Waals surface area contributed by atoms with E-state index in [-0.39, 0.29) is 0 Å². The summed E-state index contributed by atoms with van der Waals surface area (Å²) in [6.45, 7) is 5.46. The number of likely N-dealkylation sites (tertiary alicyclic amines) is 1. The molecule has 1 saturated heterocycles. The van der Waals surface area contributed by atoms with Crippen molar-refractivity contribution in [1.82, 2.24) is 9.88 Å². The van der Waals surface area contributed by atoms with Gasteiger partial charge >= 0.3 is 6.03 Å². The quantitative estimate of drug-likeness (QED) is 0.546. The number of hydrogen-bond donors (Lipinski definition) is 3. The van der Waals surface area contributed by atoms with Crippen molar-refractivity contribution in [2.24, 2.45) is 5.73 Å². The first-order valence-corrected chi connectivity index (χ1v) is 10.7. The number of benzene rings is 2. The second-order valence-electron chi connectivity index (χ2n) is 8.05. The van der Waals surface area contributed by atoms with E-state index in [0.29, 0.717) is 5.69 Å². The Morgan fingerprint density at radius 3 is 2.47 bits per heavy atom. The van der Waals surface area contributed by atoms with Crippen LogP contribution in [0.15, 0.2) is 60.7 Å². The topological polar surface area (TPSA) is 91.5 Å². The number of nitrogens with one attached hydrogen (secondary N) is 1. The van der Waals surface area contributed by atoms with Crippen LogP contribution in [-0.4, -0.2) is 39.7 Å². The monoisotopic (exact) mass is 430 g/mol. The molecule has 6 nitrogen and oxygen atoms in total. The molecule has 0 radical (unpaired) electrons. The zero-order valence-corrected chi connectivity index (χ0v) is 18.6. The highest BCUT2D eigenvalue weighted by Crippen LogP contribution is 2.26. The van der Waals surface area contributed by atoms with Crippen LogP contribution in [0.25, 0.3) is 10.9 Å². The summed E-state index contributed by atoms with van der Waals surface area (Å²) in [6.07, 6.45) is 2.36. The van der Waals surface area contributed by atoms with Crippen molar-refractivity contribution in [1.29, 1.82) is 0 Å². The highest BCUT2D eigenvalue weighted by Gasteiger charge is 2.31. The molecule has 166 valence electrons. The Bertz CT molecular complexity index is 1110. The number of amides is 2. The Labute approximate surface area is 189 Å². The number of nitrogens with zero attached hydrogens (tertiary/aromatic N) is 2. The molecule has 2 aromatic carbocycles. The molecule has 4 rings (SSSR count). The third kappa shape index (κ3) is 6.47. The van der Waals surface area contributed by atoms with Gasteiger partial charge in [-0.15, -0.1) is 0 Å². The number of nitrogens with two attached hydrogens (primary N) is 1. The molecule has 0 spiro atoms. The molecule has 2 heterocycles. The summed E-state index contributed by atoms with van der Waals surface area (Å²) in [5.74, 6) is 2.91. The second-order valence-corrected chi connectivity index (χ2v) is 8.05. The number of aromatic nitrogens is 1. The van der Waals surface area contributed by atoms with Crippen LogP contribution in [0.5, 0.6) is 0 Å². The summed E-state index contributed by atoms with van der Waals surface area (Å²) < 4.78 is 0. The third-order valence-corrected chi connectivity index (χ3v) is 5.44. The van der Waals surface area contributed by atoms with Gasteiger partial charge in [0.1, 0.15) is 0 Å². The predicted octanol–water partition coefficient (Wildman–Crippen LogP) is 4.07. The number of pyridine rings is 1. The van der Waals surface area contributed by atoms with Crippen molar-refractivity contribution in [2.45, 2.75) is 38.7 Å². The molecule has 1 aromatic heterocycles. The third-order valence-electron chi connectivity index (χ3n) is 5.44. The Morgan fingerprint density at radius 2 is 1.81 bits per heavy atom. The van der Waals surface area contributed by atoms with Gasteiger partial charge in [-0.25, -0.2) is 4.79 Å². The molecule has 1 aliphatic rings. The average Bonchev–Trinajstić information content (AvgIpc) is 2.76. The van der Waals surface area contributed by atoms with E-state index in [1.807, 2.05) is 56.3 Å². The first-order chi connectivity index (χ1) is 15.4. The molecule has 1 aliphatic heterocycles. The first kappa shape index (κ1) is 23.1. The molecule has 4 N–H and O–H groups in total. The lowest BCUT2D eigenvalue weighted by Gasteiger charge is -2.36. The minimum atomic E-state index is -0.564. The number of carbonyl (C=O) groups excluding carboxylic acids is 1. The molecule has 2 amide bonds. The fourth-order valence-corrected chi connectivity index (χ4v) is 3.89. The molecule has 6 heteroatoms. The van der Waals surface area contributed by atoms with Crippen LogP contribution >= 0.6 is 0 Å². The van der Waals surface area contributed by atoms with E-state index < -0.39 is 11.6 Å². The summed E-state index contributed by atoms with van der Waals surface area (Å²) >= 11 is 0. The Morgan fingerprint density at radius 1 is 1.16 bits per heavy atom. The maximum absolute atomic E-state index is 10.8. The molecular formula is C26H30N4O2. The number of rotatable bonds is 3. The van der Waals surface area contributed by atoms with Crippen LogP contribution in [-0.2, 0) is 6.42 Å². The number of aliphatic hydroxyl groups is 1. The fourth-order valence-electron chi connectivity index (χ4n) is 3.89. The van der Waals surface area contributed by atoms with E-state index in [4.69, 9.17) is 5.73 Å². The average molecular weight is 431 g/mol. The lowest BCUT2D eigenvalue weighted by atomic mass is 9.85. The van der Waals surface area contributed by atoms with Gasteiger partial charge < -0.3 is 21.1 Å². The molecule has 0 bridgehead atoms. The van der Waals surface area contributed by atoms with Crippen molar-refractivity contribution < 1.29 is 9.90 Å². The molecule has 3 aromatic rings. The van der Waals surface area contributed by atoms with Gasteiger partial charge in [-0.1, -0.05) is 54.5 Å². The van der Waals surface area contributed by atoms with Crippen molar-refractivity contribution in [2.75, 3.05) is 18.4 Å². The summed E-state index contributed by atoms with van der Waals surface area (Å²) in [6, 6.07) is 22.1. The van der Waals surface area contributed by atoms with Gasteiger partial charge in [-0.3, -0.25) is 4.98 Å². The maximum Gasteiger partial charge on any atom is 0.316 e. The highest BCUT2D eigenvalue weighted by molar-refractivity contribution is 5.99. The van der Waals surface area contributed by atoms with E-state index in [9.17, 15) is 9.90 Å². The molecule has 0 saturated carbocycles. The second kappa shape index (κ2) is 10.7. The van der Waals surface area contributed by atoms with Crippen molar-refractivity contribution in [3.8, 4) is 12.0 Å². The molecule has 0 unspecified atom stereocenters. The van der Waals surface area contributed by atoms with Gasteiger partial charge in [0.05, 0.1) is 16.8 Å². The maximum atomic E-state index is 10.8.